The predicted octanol–water partition coefficient (Wildman–Crippen LogP) is 18.9. The monoisotopic (exact) mass is 1390 g/mol. The molecule has 4 amide bonds. The Hall–Kier alpha value is -12.1. The molecule has 0 fully saturated rings. The fourth-order valence-electron chi connectivity index (χ4n) is 12.3. The number of carbonyl (C=O) groups is 4. The van der Waals surface area contributed by atoms with Gasteiger partial charge in [-0.3, -0.25) is 19.2 Å². The minimum absolute atomic E-state index is 0.0506. The summed E-state index contributed by atoms with van der Waals surface area (Å²) in [5.41, 5.74) is 45.6. The van der Waals surface area contributed by atoms with E-state index in [1.807, 2.05) is 167 Å². The molecule has 0 radical (unpaired) electrons. The zero-order chi connectivity index (χ0) is 73.9. The molecule has 103 heavy (non-hydrogen) atoms. The highest BCUT2D eigenvalue weighted by Crippen LogP contribution is 2.40. The lowest BCUT2D eigenvalue weighted by molar-refractivity contribution is -0.118. The minimum atomic E-state index is -0.617. The third-order valence-electron chi connectivity index (χ3n) is 18.0. The number of phenolic OH excluding ortho intramolecular Hbond substituents is 4. The van der Waals surface area contributed by atoms with Gasteiger partial charge >= 0.3 is 0 Å². The molecule has 0 aromatic heterocycles. The summed E-state index contributed by atoms with van der Waals surface area (Å²) in [5, 5.41) is 40.3. The molecule has 12 aromatic rings. The van der Waals surface area contributed by atoms with Crippen LogP contribution in [0.1, 0.15) is 75.8 Å². The van der Waals surface area contributed by atoms with Gasteiger partial charge in [-0.1, -0.05) is 218 Å². The van der Waals surface area contributed by atoms with Crippen LogP contribution in [0.2, 0.25) is 5.02 Å². The largest absolute Gasteiger partial charge is 0.508 e. The van der Waals surface area contributed by atoms with E-state index in [4.69, 9.17) is 34.5 Å². The van der Waals surface area contributed by atoms with Gasteiger partial charge in [0.2, 0.25) is 23.6 Å². The lowest BCUT2D eigenvalue weighted by Crippen LogP contribution is -2.11. The number of phenols is 4. The average molecular weight is 1390 g/mol. The van der Waals surface area contributed by atoms with Crippen LogP contribution in [0, 0.1) is 40.4 Å². The van der Waals surface area contributed by atoms with E-state index in [1.54, 1.807) is 37.3 Å². The van der Waals surface area contributed by atoms with Crippen LogP contribution in [0.4, 0.5) is 4.39 Å². The number of amides is 4. The van der Waals surface area contributed by atoms with Crippen molar-refractivity contribution in [2.45, 2.75) is 86.0 Å². The van der Waals surface area contributed by atoms with E-state index in [0.29, 0.717) is 54.7 Å². The molecule has 12 N–H and O–H groups in total. The van der Waals surface area contributed by atoms with Crippen molar-refractivity contribution in [3.63, 3.8) is 0 Å². The van der Waals surface area contributed by atoms with Gasteiger partial charge in [-0.25, -0.2) is 4.39 Å². The van der Waals surface area contributed by atoms with Gasteiger partial charge in [0.1, 0.15) is 17.2 Å². The van der Waals surface area contributed by atoms with Gasteiger partial charge in [0.25, 0.3) is 0 Å². The Morgan fingerprint density at radius 1 is 0.301 bits per heavy atom. The van der Waals surface area contributed by atoms with Gasteiger partial charge in [0, 0.05) is 25.7 Å². The number of nitrogens with two attached hydrogens (primary N) is 4. The summed E-state index contributed by atoms with van der Waals surface area (Å²) in [7, 11) is 0. The summed E-state index contributed by atoms with van der Waals surface area (Å²) >= 11 is 6.07. The van der Waals surface area contributed by atoms with Crippen molar-refractivity contribution in [2.24, 2.45) is 22.9 Å². The molecule has 0 aliphatic carbocycles. The first-order valence-electron chi connectivity index (χ1n) is 33.9. The number of rotatable bonds is 20. The first-order valence-corrected chi connectivity index (χ1v) is 34.2. The maximum Gasteiger partial charge on any atom is 0.217 e. The normalized spacial score (nSPS) is 10.7. The molecular formula is C89H84ClFN4O8. The van der Waals surface area contributed by atoms with Gasteiger partial charge in [-0.15, -0.1) is 0 Å². The van der Waals surface area contributed by atoms with Crippen molar-refractivity contribution in [3.05, 3.63) is 310 Å². The van der Waals surface area contributed by atoms with Crippen molar-refractivity contribution in [3.8, 4) is 112 Å². The van der Waals surface area contributed by atoms with Crippen LogP contribution in [0.25, 0.3) is 89.0 Å². The molecule has 0 saturated carbocycles. The smallest absolute Gasteiger partial charge is 0.217 e. The van der Waals surface area contributed by atoms with Gasteiger partial charge in [-0.2, -0.15) is 0 Å². The third-order valence-corrected chi connectivity index (χ3v) is 18.5. The molecule has 0 atom stereocenters. The van der Waals surface area contributed by atoms with Crippen LogP contribution in [0.5, 0.6) is 23.0 Å². The fraction of sp³-hybridized carbons (Fsp3) is 0.146. The molecule has 0 aliphatic rings. The minimum Gasteiger partial charge on any atom is -0.508 e. The number of benzene rings is 12. The average Bonchev–Trinajstić information content (AvgIpc) is 0.817. The number of carbonyl (C=O) groups excluding carboxylic acids is 4. The van der Waals surface area contributed by atoms with Crippen molar-refractivity contribution >= 4 is 35.2 Å². The topological polar surface area (TPSA) is 253 Å². The number of aromatic hydroxyl groups is 4. The van der Waals surface area contributed by atoms with Crippen LogP contribution in [0.15, 0.2) is 249 Å². The molecule has 12 nitrogen and oxygen atoms in total. The van der Waals surface area contributed by atoms with Crippen LogP contribution >= 0.6 is 11.6 Å². The first kappa shape index (κ1) is 75.1. The van der Waals surface area contributed by atoms with Crippen LogP contribution in [-0.2, 0) is 44.9 Å². The maximum absolute atomic E-state index is 13.8. The second kappa shape index (κ2) is 35.3. The highest BCUT2D eigenvalue weighted by molar-refractivity contribution is 6.32. The summed E-state index contributed by atoms with van der Waals surface area (Å²) < 4.78 is 13.8. The van der Waals surface area contributed by atoms with Crippen molar-refractivity contribution < 1.29 is 44.0 Å². The van der Waals surface area contributed by atoms with Gasteiger partial charge in [-0.05, 0) is 242 Å². The number of halogens is 2. The number of hydrogen-bond acceptors (Lipinski definition) is 8. The number of hydrogen-bond donors (Lipinski definition) is 8. The van der Waals surface area contributed by atoms with Crippen LogP contribution < -0.4 is 22.9 Å². The van der Waals surface area contributed by atoms with Gasteiger partial charge < -0.3 is 43.4 Å². The fourth-order valence-corrected chi connectivity index (χ4v) is 12.4. The SMILES string of the molecule is Cc1cc(-c2ccc(-c3ccccc3)cc2CCC(N)=O)cc(O)c1C.Cc1cc(-c2ccc(-c3ccccc3)cc2CCC(N)=O)cc(O)c1Cl.Cc1cc(-c2ccc(-c3ccccc3)cc2CCC(N)=O)cc(O)c1F.Cc1ccc(O)cc1-c1ccc(-c2ccccc2)cc1CCC(N)=O. The van der Waals surface area contributed by atoms with E-state index in [-0.39, 0.29) is 59.5 Å². The number of aryl methyl sites for hydroxylation is 8. The van der Waals surface area contributed by atoms with E-state index >= 15 is 0 Å². The highest BCUT2D eigenvalue weighted by Gasteiger charge is 2.18. The Morgan fingerprint density at radius 2 is 0.612 bits per heavy atom. The Morgan fingerprint density at radius 3 is 0.942 bits per heavy atom. The Balaban J connectivity index is 0.000000160. The predicted molar refractivity (Wildman–Crippen MR) is 415 cm³/mol. The second-order valence-electron chi connectivity index (χ2n) is 25.5. The van der Waals surface area contributed by atoms with Crippen LogP contribution in [0.3, 0.4) is 0 Å². The molecule has 12 rings (SSSR count). The second-order valence-corrected chi connectivity index (χ2v) is 25.9. The molecule has 0 bridgehead atoms. The lowest BCUT2D eigenvalue weighted by Gasteiger charge is -2.14. The molecule has 0 unspecified atom stereocenters. The molecular weight excluding hydrogens is 1310 g/mol. The zero-order valence-corrected chi connectivity index (χ0v) is 59.1. The lowest BCUT2D eigenvalue weighted by atomic mass is 9.90. The summed E-state index contributed by atoms with van der Waals surface area (Å²) in [6, 6.07) is 80.7. The quantitative estimate of drug-likeness (QED) is 0.0363. The highest BCUT2D eigenvalue weighted by atomic mass is 35.5. The van der Waals surface area contributed by atoms with Gasteiger partial charge in [0.15, 0.2) is 11.6 Å². The molecule has 0 aliphatic heterocycles. The summed E-state index contributed by atoms with van der Waals surface area (Å²) in [4.78, 5) is 45.1. The standard InChI is InChI=1S/C23H23NO2.C22H20ClNO2.C22H20FNO2.C22H21NO2/c1-15-12-20(14-22(25)16(15)2)21-10-8-18(17-6-4-3-5-7-17)13-19(21)9-11-23(24)26;2*1-14-11-18(13-20(25)22(14)23)19-9-7-16(15-5-3-2-4-6-15)12-17(19)8-10-21(24)26;1-15-7-10-19(24)14-21(15)20-11-8-17(16-5-3-2-4-6-16)13-18(20)9-12-22(23)25/h3-8,10,12-14,25H,9,11H2,1-2H3,(H2,24,26);2*2-7,9,11-13,25H,8,10H2,1H3,(H2,24,26);2-8,10-11,13-14,24H,9,12H2,1H3,(H2,23,25). The number of primary amides is 4. The van der Waals surface area contributed by atoms with Crippen LogP contribution in [-0.4, -0.2) is 44.1 Å². The van der Waals surface area contributed by atoms with E-state index in [0.717, 1.165) is 128 Å². The summed E-state index contributed by atoms with van der Waals surface area (Å²) in [5.74, 6) is -1.78. The Kier molecular flexibility index (Phi) is 25.8. The Bertz CT molecular complexity index is 4560. The van der Waals surface area contributed by atoms with Crippen molar-refractivity contribution in [2.75, 3.05) is 0 Å². The van der Waals surface area contributed by atoms with Crippen molar-refractivity contribution in [1.29, 1.82) is 0 Å². The molecule has 12 aromatic carbocycles. The van der Waals surface area contributed by atoms with E-state index < -0.39 is 5.82 Å². The molecule has 522 valence electrons. The van der Waals surface area contributed by atoms with E-state index in [2.05, 4.69) is 72.8 Å². The molecule has 0 heterocycles. The third kappa shape index (κ3) is 20.3. The zero-order valence-electron chi connectivity index (χ0n) is 58.3. The first-order chi connectivity index (χ1) is 49.4. The molecule has 0 saturated heterocycles. The van der Waals surface area contributed by atoms with E-state index in [1.165, 1.54) is 6.07 Å². The Labute approximate surface area is 606 Å². The summed E-state index contributed by atoms with van der Waals surface area (Å²) in [6.07, 6.45) is 3.22. The van der Waals surface area contributed by atoms with E-state index in [9.17, 15) is 44.0 Å². The molecule has 14 heteroatoms. The summed E-state index contributed by atoms with van der Waals surface area (Å²) in [6.45, 7) is 9.37. The van der Waals surface area contributed by atoms with Crippen molar-refractivity contribution in [1.82, 2.24) is 0 Å². The maximum atomic E-state index is 13.8. The van der Waals surface area contributed by atoms with Gasteiger partial charge in [0.05, 0.1) is 5.02 Å². The molecule has 0 spiro atoms.